The molecule has 0 N–H and O–H groups in total. The molecule has 0 unspecified atom stereocenters. The van der Waals surface area contributed by atoms with Gasteiger partial charge in [0.2, 0.25) is 0 Å². The van der Waals surface area contributed by atoms with Crippen LogP contribution in [-0.4, -0.2) is 62.7 Å². The second kappa shape index (κ2) is 7.31. The average Bonchev–Trinajstić information content (AvgIpc) is 3.30. The summed E-state index contributed by atoms with van der Waals surface area (Å²) in [6.07, 6.45) is 7.53. The molecule has 5 nitrogen and oxygen atoms in total. The Bertz CT molecular complexity index is 672. The first-order valence-corrected chi connectivity index (χ1v) is 9.60. The molecule has 2 bridgehead atoms. The van der Waals surface area contributed by atoms with Gasteiger partial charge in [-0.05, 0) is 42.7 Å². The third kappa shape index (κ3) is 3.20. The van der Waals surface area contributed by atoms with Crippen molar-refractivity contribution in [2.75, 3.05) is 46.9 Å². The van der Waals surface area contributed by atoms with Gasteiger partial charge in [0.15, 0.2) is 0 Å². The molecule has 5 heteroatoms. The Morgan fingerprint density at radius 2 is 1.73 bits per heavy atom. The van der Waals surface area contributed by atoms with Crippen LogP contribution in [0, 0.1) is 17.8 Å². The predicted octanol–water partition coefficient (Wildman–Crippen LogP) is 2.67. The lowest BCUT2D eigenvalue weighted by molar-refractivity contribution is 0.0604. The predicted molar refractivity (Wildman–Crippen MR) is 101 cm³/mol. The molecular weight excluding hydrogens is 328 g/mol. The van der Waals surface area contributed by atoms with Crippen molar-refractivity contribution in [1.82, 2.24) is 9.80 Å². The molecule has 1 aromatic rings. The van der Waals surface area contributed by atoms with Crippen LogP contribution >= 0.6 is 0 Å². The highest BCUT2D eigenvalue weighted by Crippen LogP contribution is 2.43. The van der Waals surface area contributed by atoms with Crippen molar-refractivity contribution >= 4 is 5.91 Å². The lowest BCUT2D eigenvalue weighted by Gasteiger charge is -2.37. The molecule has 3 atom stereocenters. The normalized spacial score (nSPS) is 27.8. The molecule has 1 saturated heterocycles. The van der Waals surface area contributed by atoms with Crippen LogP contribution in [-0.2, 0) is 0 Å². The standard InChI is InChI=1S/C21H28N2O3/c1-25-18-4-3-5-19(26-2)20(18)21(24)23-10-8-22(9-11-23)14-17-13-15-6-7-16(17)12-15/h3-7,15-17H,8-14H2,1-2H3/t15-,16-,17+/m1/s1. The summed E-state index contributed by atoms with van der Waals surface area (Å²) in [5, 5.41) is 0. The topological polar surface area (TPSA) is 42.0 Å². The fraction of sp³-hybridized carbons (Fsp3) is 0.571. The highest BCUT2D eigenvalue weighted by molar-refractivity contribution is 5.99. The summed E-state index contributed by atoms with van der Waals surface area (Å²) in [5.41, 5.74) is 0.532. The first-order valence-electron chi connectivity index (χ1n) is 9.60. The van der Waals surface area contributed by atoms with E-state index in [-0.39, 0.29) is 5.91 Å². The number of hydrogen-bond acceptors (Lipinski definition) is 4. The van der Waals surface area contributed by atoms with E-state index < -0.39 is 0 Å². The van der Waals surface area contributed by atoms with Gasteiger partial charge < -0.3 is 14.4 Å². The average molecular weight is 356 g/mol. The second-order valence-electron chi connectivity index (χ2n) is 7.67. The van der Waals surface area contributed by atoms with Crippen LogP contribution in [0.15, 0.2) is 30.4 Å². The smallest absolute Gasteiger partial charge is 0.261 e. The van der Waals surface area contributed by atoms with Crippen LogP contribution in [0.1, 0.15) is 23.2 Å². The quantitative estimate of drug-likeness (QED) is 0.761. The lowest BCUT2D eigenvalue weighted by atomic mass is 9.93. The molecule has 4 rings (SSSR count). The van der Waals surface area contributed by atoms with E-state index in [1.165, 1.54) is 19.4 Å². The number of benzene rings is 1. The van der Waals surface area contributed by atoms with Crippen LogP contribution in [0.2, 0.25) is 0 Å². The van der Waals surface area contributed by atoms with E-state index >= 15 is 0 Å². The first-order chi connectivity index (χ1) is 12.7. The van der Waals surface area contributed by atoms with Gasteiger partial charge in [-0.2, -0.15) is 0 Å². The van der Waals surface area contributed by atoms with Crippen LogP contribution in [0.5, 0.6) is 11.5 Å². The van der Waals surface area contributed by atoms with Gasteiger partial charge in [0.05, 0.1) is 14.2 Å². The van der Waals surface area contributed by atoms with E-state index in [2.05, 4.69) is 17.1 Å². The Kier molecular flexibility index (Phi) is 4.90. The summed E-state index contributed by atoms with van der Waals surface area (Å²) in [7, 11) is 3.18. The Labute approximate surface area is 155 Å². The van der Waals surface area contributed by atoms with Gasteiger partial charge in [-0.3, -0.25) is 9.69 Å². The zero-order valence-corrected chi connectivity index (χ0v) is 15.7. The van der Waals surface area contributed by atoms with Crippen LogP contribution in [0.25, 0.3) is 0 Å². The number of rotatable bonds is 5. The number of nitrogens with zero attached hydrogens (tertiary/aromatic N) is 2. The third-order valence-corrected chi connectivity index (χ3v) is 6.21. The van der Waals surface area contributed by atoms with Gasteiger partial charge in [0.1, 0.15) is 17.1 Å². The summed E-state index contributed by atoms with van der Waals surface area (Å²) in [4.78, 5) is 17.5. The molecule has 3 aliphatic rings. The molecule has 2 aliphatic carbocycles. The number of piperazine rings is 1. The maximum atomic E-state index is 13.1. The van der Waals surface area contributed by atoms with Gasteiger partial charge in [-0.25, -0.2) is 0 Å². The molecule has 1 heterocycles. The number of fused-ring (bicyclic) bond motifs is 2. The Morgan fingerprint density at radius 3 is 2.27 bits per heavy atom. The maximum Gasteiger partial charge on any atom is 0.261 e. The van der Waals surface area contributed by atoms with Crippen LogP contribution in [0.4, 0.5) is 0 Å². The SMILES string of the molecule is COc1cccc(OC)c1C(=O)N1CCN(C[C@@H]2C[C@@H]3C=C[C@@H]2C3)CC1. The van der Waals surface area contributed by atoms with Crippen molar-refractivity contribution in [2.24, 2.45) is 17.8 Å². The molecular formula is C21H28N2O3. The van der Waals surface area contributed by atoms with Gasteiger partial charge in [-0.1, -0.05) is 18.2 Å². The Hall–Kier alpha value is -2.01. The lowest BCUT2D eigenvalue weighted by Crippen LogP contribution is -2.50. The van der Waals surface area contributed by atoms with Crippen molar-refractivity contribution in [1.29, 1.82) is 0 Å². The minimum Gasteiger partial charge on any atom is -0.496 e. The summed E-state index contributed by atoms with van der Waals surface area (Å²) in [6, 6.07) is 5.47. The molecule has 1 aliphatic heterocycles. The fourth-order valence-corrected chi connectivity index (χ4v) is 4.79. The summed E-state index contributed by atoms with van der Waals surface area (Å²) in [6.45, 7) is 4.58. The van der Waals surface area contributed by atoms with Crippen molar-refractivity contribution in [2.45, 2.75) is 12.8 Å². The van der Waals surface area contributed by atoms with E-state index in [1.54, 1.807) is 14.2 Å². The Balaban J connectivity index is 1.37. The minimum atomic E-state index is 0.00167. The zero-order valence-electron chi connectivity index (χ0n) is 15.7. The third-order valence-electron chi connectivity index (χ3n) is 6.21. The summed E-state index contributed by atoms with van der Waals surface area (Å²) >= 11 is 0. The number of amides is 1. The van der Waals surface area contributed by atoms with Crippen LogP contribution < -0.4 is 9.47 Å². The van der Waals surface area contributed by atoms with Crippen molar-refractivity contribution < 1.29 is 14.3 Å². The van der Waals surface area contributed by atoms with E-state index in [0.29, 0.717) is 17.1 Å². The molecule has 0 radical (unpaired) electrons. The summed E-state index contributed by atoms with van der Waals surface area (Å²) < 4.78 is 10.8. The van der Waals surface area contributed by atoms with E-state index in [9.17, 15) is 4.79 Å². The van der Waals surface area contributed by atoms with Crippen LogP contribution in [0.3, 0.4) is 0 Å². The highest BCUT2D eigenvalue weighted by atomic mass is 16.5. The monoisotopic (exact) mass is 356 g/mol. The minimum absolute atomic E-state index is 0.00167. The highest BCUT2D eigenvalue weighted by Gasteiger charge is 2.37. The molecule has 1 aromatic carbocycles. The molecule has 0 spiro atoms. The van der Waals surface area contributed by atoms with E-state index in [4.69, 9.17) is 9.47 Å². The summed E-state index contributed by atoms with van der Waals surface area (Å²) in [5.74, 6) is 3.57. The van der Waals surface area contributed by atoms with Crippen molar-refractivity contribution in [3.8, 4) is 11.5 Å². The van der Waals surface area contributed by atoms with Crippen molar-refractivity contribution in [3.05, 3.63) is 35.9 Å². The zero-order chi connectivity index (χ0) is 18.1. The van der Waals surface area contributed by atoms with Gasteiger partial charge >= 0.3 is 0 Å². The number of methoxy groups -OCH3 is 2. The second-order valence-corrected chi connectivity index (χ2v) is 7.67. The number of carbonyl (C=O) groups excluding carboxylic acids is 1. The first kappa shape index (κ1) is 17.4. The molecule has 1 saturated carbocycles. The molecule has 2 fully saturated rings. The van der Waals surface area contributed by atoms with E-state index in [1.807, 2.05) is 23.1 Å². The number of ether oxygens (including phenoxy) is 2. The maximum absolute atomic E-state index is 13.1. The largest absolute Gasteiger partial charge is 0.496 e. The number of allylic oxidation sites excluding steroid dienone is 2. The molecule has 140 valence electrons. The van der Waals surface area contributed by atoms with Gasteiger partial charge in [-0.15, -0.1) is 0 Å². The number of hydrogen-bond donors (Lipinski definition) is 0. The van der Waals surface area contributed by atoms with Gasteiger partial charge in [0, 0.05) is 32.7 Å². The molecule has 1 amide bonds. The molecule has 0 aromatic heterocycles. The fourth-order valence-electron chi connectivity index (χ4n) is 4.79. The molecule has 26 heavy (non-hydrogen) atoms. The van der Waals surface area contributed by atoms with E-state index in [0.717, 1.165) is 43.9 Å². The van der Waals surface area contributed by atoms with Crippen molar-refractivity contribution in [3.63, 3.8) is 0 Å². The van der Waals surface area contributed by atoms with Gasteiger partial charge in [0.25, 0.3) is 5.91 Å². The number of carbonyl (C=O) groups is 1. The Morgan fingerprint density at radius 1 is 1.04 bits per heavy atom.